The first-order valence-electron chi connectivity index (χ1n) is 2.74. The van der Waals surface area contributed by atoms with Crippen LogP contribution in [0.2, 0.25) is 0 Å². The van der Waals surface area contributed by atoms with E-state index >= 15 is 0 Å². The van der Waals surface area contributed by atoms with Crippen LogP contribution in [0.25, 0.3) is 0 Å². The van der Waals surface area contributed by atoms with E-state index in [0.717, 1.165) is 3.92 Å². The Hall–Kier alpha value is 0.730. The van der Waals surface area contributed by atoms with Gasteiger partial charge in [-0.1, -0.05) is 42.9 Å². The summed E-state index contributed by atoms with van der Waals surface area (Å²) in [7, 11) is 0. The first-order chi connectivity index (χ1) is 3.27. The molecule has 0 saturated carbocycles. The van der Waals surface area contributed by atoms with Crippen LogP contribution in [0.3, 0.4) is 0 Å². The lowest BCUT2D eigenvalue weighted by molar-refractivity contribution is 0.869. The van der Waals surface area contributed by atoms with Gasteiger partial charge in [-0.15, -0.1) is 0 Å². The van der Waals surface area contributed by atoms with Crippen molar-refractivity contribution in [1.82, 2.24) is 0 Å². The molecule has 1 atom stereocenters. The fraction of sp³-hybridized carbons (Fsp3) is 0.833. The lowest BCUT2D eigenvalue weighted by atomic mass is 10.2. The molecule has 1 unspecified atom stereocenters. The Balaban J connectivity index is 2.68. The fourth-order valence-corrected chi connectivity index (χ4v) is 0.756. The van der Waals surface area contributed by atoms with Gasteiger partial charge < -0.3 is 0 Å². The topological polar surface area (TPSA) is 0 Å². The van der Waals surface area contributed by atoms with E-state index in [2.05, 4.69) is 42.9 Å². The van der Waals surface area contributed by atoms with E-state index in [4.69, 9.17) is 0 Å². The van der Waals surface area contributed by atoms with Gasteiger partial charge in [0.25, 0.3) is 0 Å². The number of unbranched alkanes of at least 4 members (excludes halogenated alkanes) is 1. The summed E-state index contributed by atoms with van der Waals surface area (Å²) in [4.78, 5) is 0. The van der Waals surface area contributed by atoms with Gasteiger partial charge in [-0.25, -0.2) is 0 Å². The molecule has 0 fully saturated rings. The largest absolute Gasteiger partial charge is 0.0826 e. The normalized spacial score (nSPS) is 14.1. The second-order valence-corrected chi connectivity index (χ2v) is 3.67. The van der Waals surface area contributed by atoms with Crippen LogP contribution in [-0.4, -0.2) is 3.92 Å². The molecule has 0 spiro atoms. The third kappa shape index (κ3) is 6.73. The zero-order chi connectivity index (χ0) is 5.70. The fourth-order valence-electron chi connectivity index (χ4n) is 0.396. The van der Waals surface area contributed by atoms with Crippen LogP contribution in [0, 0.1) is 6.42 Å². The predicted octanol–water partition coefficient (Wildman–Crippen LogP) is 2.81. The summed E-state index contributed by atoms with van der Waals surface area (Å²) in [5, 5.41) is 0. The Morgan fingerprint density at radius 1 is 1.71 bits per heavy atom. The highest BCUT2D eigenvalue weighted by Gasteiger charge is 1.91. The van der Waals surface area contributed by atoms with Crippen molar-refractivity contribution in [3.8, 4) is 0 Å². The second-order valence-electron chi connectivity index (χ2n) is 1.70. The van der Waals surface area contributed by atoms with Gasteiger partial charge in [0, 0.05) is 3.92 Å². The lowest BCUT2D eigenvalue weighted by Gasteiger charge is -1.96. The molecule has 0 aliphatic carbocycles. The van der Waals surface area contributed by atoms with Crippen LogP contribution in [0.4, 0.5) is 0 Å². The predicted molar refractivity (Wildman–Crippen MR) is 42.7 cm³/mol. The van der Waals surface area contributed by atoms with Gasteiger partial charge in [-0.2, -0.15) is 0 Å². The Morgan fingerprint density at radius 3 is 2.43 bits per heavy atom. The summed E-state index contributed by atoms with van der Waals surface area (Å²) in [5.41, 5.74) is 0. The SMILES string of the molecule is CCC[CH]C(C)I. The Morgan fingerprint density at radius 2 is 2.29 bits per heavy atom. The Labute approximate surface area is 59.8 Å². The molecule has 43 valence electrons. The molecule has 1 heteroatoms. The Kier molecular flexibility index (Phi) is 5.39. The summed E-state index contributed by atoms with van der Waals surface area (Å²) < 4.78 is 0.748. The molecule has 0 amide bonds. The van der Waals surface area contributed by atoms with Gasteiger partial charge in [0.05, 0.1) is 0 Å². The number of hydrogen-bond acceptors (Lipinski definition) is 0. The maximum absolute atomic E-state index is 2.41. The molecule has 0 aromatic rings. The molecule has 0 nitrogen and oxygen atoms in total. The van der Waals surface area contributed by atoms with E-state index in [1.165, 1.54) is 12.8 Å². The Bertz CT molecular complexity index is 33.2. The number of rotatable bonds is 3. The van der Waals surface area contributed by atoms with E-state index in [0.29, 0.717) is 0 Å². The third-order valence-electron chi connectivity index (χ3n) is 0.780. The van der Waals surface area contributed by atoms with Crippen LogP contribution in [0.5, 0.6) is 0 Å². The first kappa shape index (κ1) is 7.73. The van der Waals surface area contributed by atoms with E-state index in [-0.39, 0.29) is 0 Å². The van der Waals surface area contributed by atoms with E-state index in [1.807, 2.05) is 0 Å². The van der Waals surface area contributed by atoms with Crippen molar-refractivity contribution in [2.45, 2.75) is 30.6 Å². The van der Waals surface area contributed by atoms with E-state index < -0.39 is 0 Å². The van der Waals surface area contributed by atoms with Crippen molar-refractivity contribution < 1.29 is 0 Å². The van der Waals surface area contributed by atoms with Gasteiger partial charge in [-0.3, -0.25) is 0 Å². The highest BCUT2D eigenvalue weighted by atomic mass is 127. The maximum atomic E-state index is 2.41. The number of alkyl halides is 1. The van der Waals surface area contributed by atoms with Gasteiger partial charge >= 0.3 is 0 Å². The molecule has 0 rings (SSSR count). The van der Waals surface area contributed by atoms with Crippen LogP contribution < -0.4 is 0 Å². The molecule has 0 bridgehead atoms. The molecule has 0 aromatic carbocycles. The molecular formula is C6H12I. The summed E-state index contributed by atoms with van der Waals surface area (Å²) in [6, 6.07) is 0. The minimum absolute atomic E-state index is 0.748. The van der Waals surface area contributed by atoms with Gasteiger partial charge in [0.15, 0.2) is 0 Å². The van der Waals surface area contributed by atoms with Crippen molar-refractivity contribution in [2.75, 3.05) is 0 Å². The van der Waals surface area contributed by atoms with Crippen LogP contribution in [0.1, 0.15) is 26.7 Å². The molecule has 7 heavy (non-hydrogen) atoms. The third-order valence-corrected chi connectivity index (χ3v) is 1.29. The van der Waals surface area contributed by atoms with E-state index in [9.17, 15) is 0 Å². The lowest BCUT2D eigenvalue weighted by Crippen LogP contribution is -1.88. The molecule has 0 aliphatic rings. The minimum atomic E-state index is 0.748. The summed E-state index contributed by atoms with van der Waals surface area (Å²) >= 11 is 2.41. The molecular weight excluding hydrogens is 199 g/mol. The monoisotopic (exact) mass is 211 g/mol. The quantitative estimate of drug-likeness (QED) is 0.497. The summed E-state index contributed by atoms with van der Waals surface area (Å²) in [6.07, 6.45) is 4.89. The van der Waals surface area contributed by atoms with Crippen LogP contribution >= 0.6 is 22.6 Å². The van der Waals surface area contributed by atoms with Crippen molar-refractivity contribution in [1.29, 1.82) is 0 Å². The van der Waals surface area contributed by atoms with Crippen molar-refractivity contribution in [2.24, 2.45) is 0 Å². The van der Waals surface area contributed by atoms with Crippen molar-refractivity contribution in [3.05, 3.63) is 6.42 Å². The average Bonchev–Trinajstić information content (AvgIpc) is 1.61. The average molecular weight is 211 g/mol. The van der Waals surface area contributed by atoms with E-state index in [1.54, 1.807) is 0 Å². The highest BCUT2D eigenvalue weighted by molar-refractivity contribution is 14.1. The summed E-state index contributed by atoms with van der Waals surface area (Å²) in [5.74, 6) is 0. The van der Waals surface area contributed by atoms with Crippen LogP contribution in [-0.2, 0) is 0 Å². The van der Waals surface area contributed by atoms with Crippen LogP contribution in [0.15, 0.2) is 0 Å². The zero-order valence-corrected chi connectivity index (χ0v) is 7.10. The zero-order valence-electron chi connectivity index (χ0n) is 4.95. The first-order valence-corrected chi connectivity index (χ1v) is 3.99. The summed E-state index contributed by atoms with van der Waals surface area (Å²) in [6.45, 7) is 4.41. The molecule has 0 aromatic heterocycles. The van der Waals surface area contributed by atoms with Gasteiger partial charge in [0.2, 0.25) is 0 Å². The molecule has 0 saturated heterocycles. The van der Waals surface area contributed by atoms with Crippen molar-refractivity contribution >= 4 is 22.6 Å². The maximum Gasteiger partial charge on any atom is 0.0113 e. The smallest absolute Gasteiger partial charge is 0.0113 e. The van der Waals surface area contributed by atoms with Crippen molar-refractivity contribution in [3.63, 3.8) is 0 Å². The molecule has 0 aliphatic heterocycles. The highest BCUT2D eigenvalue weighted by Crippen LogP contribution is 2.06. The minimum Gasteiger partial charge on any atom is -0.0826 e. The molecule has 0 heterocycles. The number of halogens is 1. The standard InChI is InChI=1S/C6H12I/c1-3-4-5-6(2)7/h5-6H,3-4H2,1-2H3. The molecule has 0 N–H and O–H groups in total. The second kappa shape index (κ2) is 4.88. The molecule has 1 radical (unpaired) electrons. The van der Waals surface area contributed by atoms with Gasteiger partial charge in [0.1, 0.15) is 0 Å². The van der Waals surface area contributed by atoms with Gasteiger partial charge in [-0.05, 0) is 12.8 Å². The number of hydrogen-bond donors (Lipinski definition) is 0.